The fourth-order valence-corrected chi connectivity index (χ4v) is 4.32. The standard InChI is InChI=1S/C22H28FN3O3S/c1-21(2,3)30(28)26-22(11-8-15-4-5-15,16-9-12-25-13-10-16)17-6-7-18(23)19(14-17)29-20(24)27/h6-7,9-10,12-15,26H,4-5,8,11H2,1-3H3,(H2,24,27)/t22?,30-/m1/s1. The maximum Gasteiger partial charge on any atom is 0.410 e. The highest BCUT2D eigenvalue weighted by atomic mass is 32.2. The molecule has 0 spiro atoms. The largest absolute Gasteiger partial charge is 0.598 e. The van der Waals surface area contributed by atoms with E-state index in [-0.39, 0.29) is 5.75 Å². The first kappa shape index (κ1) is 22.5. The van der Waals surface area contributed by atoms with Gasteiger partial charge in [-0.25, -0.2) is 9.18 Å². The number of halogens is 1. The molecule has 8 heteroatoms. The molecule has 3 N–H and O–H groups in total. The van der Waals surface area contributed by atoms with Gasteiger partial charge in [-0.3, -0.25) is 4.98 Å². The third-order valence-electron chi connectivity index (χ3n) is 5.26. The molecular formula is C22H28FN3O3S. The Hall–Kier alpha value is -2.16. The highest BCUT2D eigenvalue weighted by molar-refractivity contribution is 7.90. The van der Waals surface area contributed by atoms with Crippen LogP contribution in [0.2, 0.25) is 0 Å². The van der Waals surface area contributed by atoms with Gasteiger partial charge < -0.3 is 15.0 Å². The van der Waals surface area contributed by atoms with Crippen LogP contribution in [0.15, 0.2) is 42.7 Å². The number of nitrogens with zero attached hydrogens (tertiary/aromatic N) is 1. The van der Waals surface area contributed by atoms with Crippen molar-refractivity contribution in [3.05, 3.63) is 59.7 Å². The van der Waals surface area contributed by atoms with Crippen molar-refractivity contribution in [3.63, 3.8) is 0 Å². The van der Waals surface area contributed by atoms with Gasteiger partial charge in [0.2, 0.25) is 0 Å². The maximum absolute atomic E-state index is 14.3. The molecule has 30 heavy (non-hydrogen) atoms. The van der Waals surface area contributed by atoms with Crippen LogP contribution in [0.5, 0.6) is 5.75 Å². The Labute approximate surface area is 179 Å². The van der Waals surface area contributed by atoms with Gasteiger partial charge >= 0.3 is 6.09 Å². The quantitative estimate of drug-likeness (QED) is 0.609. The number of rotatable bonds is 8. The van der Waals surface area contributed by atoms with Crippen molar-refractivity contribution >= 4 is 17.5 Å². The lowest BCUT2D eigenvalue weighted by atomic mass is 9.79. The normalized spacial score (nSPS) is 17.2. The molecule has 0 radical (unpaired) electrons. The van der Waals surface area contributed by atoms with Crippen LogP contribution in [-0.4, -0.2) is 20.4 Å². The Kier molecular flexibility index (Phi) is 6.69. The predicted octanol–water partition coefficient (Wildman–Crippen LogP) is 4.16. The van der Waals surface area contributed by atoms with Crippen LogP contribution in [0.25, 0.3) is 0 Å². The second-order valence-electron chi connectivity index (χ2n) is 8.67. The van der Waals surface area contributed by atoms with E-state index in [1.807, 2.05) is 32.9 Å². The fourth-order valence-electron chi connectivity index (χ4n) is 3.35. The number of pyridine rings is 1. The zero-order valence-electron chi connectivity index (χ0n) is 17.5. The average Bonchev–Trinajstić information content (AvgIpc) is 3.51. The molecule has 1 aromatic carbocycles. The lowest BCUT2D eigenvalue weighted by molar-refractivity contribution is 0.208. The predicted molar refractivity (Wildman–Crippen MR) is 115 cm³/mol. The van der Waals surface area contributed by atoms with Gasteiger partial charge in [0.25, 0.3) is 0 Å². The molecule has 1 heterocycles. The summed E-state index contributed by atoms with van der Waals surface area (Å²) in [6.07, 6.45) is 6.17. The van der Waals surface area contributed by atoms with Crippen molar-refractivity contribution in [3.8, 4) is 5.75 Å². The van der Waals surface area contributed by atoms with Gasteiger partial charge in [0.1, 0.15) is 10.3 Å². The summed E-state index contributed by atoms with van der Waals surface area (Å²) < 4.78 is 35.2. The second kappa shape index (κ2) is 8.91. The first-order chi connectivity index (χ1) is 14.1. The number of benzene rings is 1. The summed E-state index contributed by atoms with van der Waals surface area (Å²) >= 11 is -1.42. The molecule has 1 aromatic heterocycles. The van der Waals surface area contributed by atoms with Gasteiger partial charge in [0.05, 0.1) is 0 Å². The molecule has 6 nitrogen and oxygen atoms in total. The number of amides is 1. The van der Waals surface area contributed by atoms with Crippen LogP contribution >= 0.6 is 0 Å². The first-order valence-corrected chi connectivity index (χ1v) is 11.1. The molecule has 1 fully saturated rings. The smallest absolute Gasteiger partial charge is 0.410 e. The van der Waals surface area contributed by atoms with Gasteiger partial charge in [-0.1, -0.05) is 18.9 Å². The summed E-state index contributed by atoms with van der Waals surface area (Å²) in [5.74, 6) is -0.327. The van der Waals surface area contributed by atoms with Crippen molar-refractivity contribution in [1.29, 1.82) is 0 Å². The van der Waals surface area contributed by atoms with E-state index >= 15 is 0 Å². The number of aromatic nitrogens is 1. The summed E-state index contributed by atoms with van der Waals surface area (Å²) in [7, 11) is 0. The second-order valence-corrected chi connectivity index (χ2v) is 10.6. The van der Waals surface area contributed by atoms with E-state index in [2.05, 4.69) is 9.71 Å². The molecule has 1 saturated carbocycles. The third kappa shape index (κ3) is 5.30. The number of nitrogens with two attached hydrogens (primary N) is 1. The van der Waals surface area contributed by atoms with E-state index in [4.69, 9.17) is 10.5 Å². The highest BCUT2D eigenvalue weighted by Gasteiger charge is 2.43. The van der Waals surface area contributed by atoms with Crippen molar-refractivity contribution < 1.29 is 18.5 Å². The number of hydrogen-bond donors (Lipinski definition) is 2. The molecule has 0 aliphatic heterocycles. The molecule has 1 unspecified atom stereocenters. The third-order valence-corrected chi connectivity index (χ3v) is 6.90. The average molecular weight is 434 g/mol. The molecule has 1 aliphatic rings. The Balaban J connectivity index is 2.14. The molecule has 2 atom stereocenters. The summed E-state index contributed by atoms with van der Waals surface area (Å²) in [5.41, 5.74) is 5.72. The highest BCUT2D eigenvalue weighted by Crippen LogP contribution is 2.43. The number of nitrogens with one attached hydrogen (secondary N) is 1. The number of primary amides is 1. The lowest BCUT2D eigenvalue weighted by Gasteiger charge is -2.38. The first-order valence-electron chi connectivity index (χ1n) is 9.99. The molecule has 162 valence electrons. The van der Waals surface area contributed by atoms with E-state index in [1.54, 1.807) is 18.5 Å². The van der Waals surface area contributed by atoms with Crippen LogP contribution in [0, 0.1) is 11.7 Å². The number of carbonyl (C=O) groups is 1. The van der Waals surface area contributed by atoms with E-state index < -0.39 is 33.6 Å². The monoisotopic (exact) mass is 433 g/mol. The van der Waals surface area contributed by atoms with Crippen LogP contribution in [0.3, 0.4) is 0 Å². The molecule has 0 saturated heterocycles. The van der Waals surface area contributed by atoms with E-state index in [1.165, 1.54) is 25.0 Å². The molecule has 2 aromatic rings. The van der Waals surface area contributed by atoms with Crippen LogP contribution in [-0.2, 0) is 16.9 Å². The van der Waals surface area contributed by atoms with Gasteiger partial charge in [0, 0.05) is 23.8 Å². The Morgan fingerprint density at radius 3 is 2.50 bits per heavy atom. The minimum atomic E-state index is -1.42. The minimum absolute atomic E-state index is 0.256. The summed E-state index contributed by atoms with van der Waals surface area (Å²) in [6, 6.07) is 8.04. The molecule has 1 aliphatic carbocycles. The van der Waals surface area contributed by atoms with Gasteiger partial charge in [-0.05, 0) is 74.9 Å². The topological polar surface area (TPSA) is 100 Å². The van der Waals surface area contributed by atoms with E-state index in [0.717, 1.165) is 12.0 Å². The van der Waals surface area contributed by atoms with Crippen molar-refractivity contribution in [2.45, 2.75) is 56.7 Å². The van der Waals surface area contributed by atoms with Crippen LogP contribution in [0.4, 0.5) is 9.18 Å². The van der Waals surface area contributed by atoms with Gasteiger partial charge in [0.15, 0.2) is 11.6 Å². The molecule has 3 rings (SSSR count). The summed E-state index contributed by atoms with van der Waals surface area (Å²) in [6.45, 7) is 5.67. The molecule has 0 bridgehead atoms. The van der Waals surface area contributed by atoms with E-state index in [0.29, 0.717) is 17.9 Å². The van der Waals surface area contributed by atoms with Crippen molar-refractivity contribution in [2.24, 2.45) is 11.7 Å². The van der Waals surface area contributed by atoms with Crippen molar-refractivity contribution in [2.75, 3.05) is 0 Å². The number of carbonyl (C=O) groups excluding carboxylic acids is 1. The van der Waals surface area contributed by atoms with Crippen LogP contribution < -0.4 is 15.2 Å². The number of ether oxygens (including phenoxy) is 1. The Morgan fingerprint density at radius 1 is 1.27 bits per heavy atom. The van der Waals surface area contributed by atoms with Crippen molar-refractivity contribution in [1.82, 2.24) is 9.71 Å². The molecular weight excluding hydrogens is 405 g/mol. The van der Waals surface area contributed by atoms with Gasteiger partial charge in [-0.2, -0.15) is 0 Å². The maximum atomic E-state index is 14.3. The lowest BCUT2D eigenvalue weighted by Crippen LogP contribution is -2.52. The zero-order valence-corrected chi connectivity index (χ0v) is 18.3. The fraction of sp³-hybridized carbons (Fsp3) is 0.455. The minimum Gasteiger partial charge on any atom is -0.598 e. The summed E-state index contributed by atoms with van der Waals surface area (Å²) in [4.78, 5) is 15.4. The molecule has 1 amide bonds. The van der Waals surface area contributed by atoms with Crippen LogP contribution in [0.1, 0.15) is 57.6 Å². The Morgan fingerprint density at radius 2 is 1.93 bits per heavy atom. The Bertz CT molecular complexity index is 887. The summed E-state index contributed by atoms with van der Waals surface area (Å²) in [5, 5.41) is 0. The SMILES string of the molecule is CC(C)(C)[S@@+]([O-])NC(CCC1CC1)(c1ccncc1)c1ccc(F)c(OC(N)=O)c1. The zero-order chi connectivity index (χ0) is 21.9. The van der Waals surface area contributed by atoms with Gasteiger partial charge in [-0.15, -0.1) is 4.72 Å². The number of hydrogen-bond acceptors (Lipinski definition) is 5. The van der Waals surface area contributed by atoms with E-state index in [9.17, 15) is 13.7 Å².